The van der Waals surface area contributed by atoms with Crippen molar-refractivity contribution in [1.29, 1.82) is 0 Å². The van der Waals surface area contributed by atoms with Crippen LogP contribution < -0.4 is 5.32 Å². The van der Waals surface area contributed by atoms with Gasteiger partial charge in [-0.05, 0) is 19.5 Å². The van der Waals surface area contributed by atoms with Gasteiger partial charge in [-0.15, -0.1) is 0 Å². The number of nitrogens with one attached hydrogen (secondary N) is 1. The number of nitrogens with zero attached hydrogens (tertiary/aromatic N) is 2. The highest BCUT2D eigenvalue weighted by molar-refractivity contribution is 7.90. The summed E-state index contributed by atoms with van der Waals surface area (Å²) in [6, 6.07) is 0. The lowest BCUT2D eigenvalue weighted by atomic mass is 10.4. The normalized spacial score (nSPS) is 13.4. The first-order chi connectivity index (χ1) is 8.61. The monoisotopic (exact) mass is 315 g/mol. The number of hydrogen-bond donors (Lipinski definition) is 1. The van der Waals surface area contributed by atoms with E-state index in [0.717, 1.165) is 23.7 Å². The minimum absolute atomic E-state index is 0.0291. The van der Waals surface area contributed by atoms with Crippen molar-refractivity contribution in [2.24, 2.45) is 0 Å². The molecular weight excluding hydrogens is 290 g/mol. The van der Waals surface area contributed by atoms with Gasteiger partial charge in [0.1, 0.15) is 9.84 Å². The third kappa shape index (κ3) is 7.83. The lowest BCUT2D eigenvalue weighted by Gasteiger charge is -2.24. The van der Waals surface area contributed by atoms with Crippen molar-refractivity contribution in [2.45, 2.75) is 13.3 Å². The third-order valence-electron chi connectivity index (χ3n) is 2.64. The summed E-state index contributed by atoms with van der Waals surface area (Å²) in [5.41, 5.74) is 0. The van der Waals surface area contributed by atoms with E-state index < -0.39 is 20.0 Å². The maximum Gasteiger partial charge on any atom is 0.281 e. The Morgan fingerprint density at radius 3 is 2.00 bits per heavy atom. The van der Waals surface area contributed by atoms with Crippen molar-refractivity contribution in [3.63, 3.8) is 0 Å². The highest BCUT2D eigenvalue weighted by Gasteiger charge is 2.23. The van der Waals surface area contributed by atoms with Crippen LogP contribution in [-0.2, 0) is 20.0 Å². The Balaban J connectivity index is 4.34. The van der Waals surface area contributed by atoms with Gasteiger partial charge >= 0.3 is 0 Å². The fourth-order valence-electron chi connectivity index (χ4n) is 1.37. The fourth-order valence-corrected chi connectivity index (χ4v) is 3.25. The van der Waals surface area contributed by atoms with Crippen molar-refractivity contribution in [3.8, 4) is 0 Å². The maximum absolute atomic E-state index is 12.0. The average molecular weight is 315 g/mol. The third-order valence-corrected chi connectivity index (χ3v) is 5.51. The first kappa shape index (κ1) is 18.8. The SMILES string of the molecule is CCNCCCN(C)S(=O)(=O)N(C)CCS(C)(=O)=O. The zero-order valence-electron chi connectivity index (χ0n) is 12.1. The van der Waals surface area contributed by atoms with Gasteiger partial charge in [0.2, 0.25) is 0 Å². The highest BCUT2D eigenvalue weighted by atomic mass is 32.2. The molecule has 0 saturated heterocycles. The van der Waals surface area contributed by atoms with E-state index in [4.69, 9.17) is 0 Å². The molecule has 1 N–H and O–H groups in total. The van der Waals surface area contributed by atoms with Gasteiger partial charge in [0.25, 0.3) is 10.2 Å². The van der Waals surface area contributed by atoms with Gasteiger partial charge in [0, 0.05) is 33.4 Å². The topological polar surface area (TPSA) is 86.8 Å². The summed E-state index contributed by atoms with van der Waals surface area (Å²) in [6.45, 7) is 3.96. The molecule has 7 nitrogen and oxygen atoms in total. The zero-order chi connectivity index (χ0) is 15.1. The Morgan fingerprint density at radius 1 is 1.00 bits per heavy atom. The van der Waals surface area contributed by atoms with Crippen LogP contribution in [-0.4, -0.2) is 77.7 Å². The number of hydrogen-bond acceptors (Lipinski definition) is 5. The van der Waals surface area contributed by atoms with Crippen LogP contribution in [0.2, 0.25) is 0 Å². The Labute approximate surface area is 117 Å². The van der Waals surface area contributed by atoms with Crippen molar-refractivity contribution >= 4 is 20.0 Å². The molecule has 19 heavy (non-hydrogen) atoms. The minimum atomic E-state index is -3.57. The van der Waals surface area contributed by atoms with Gasteiger partial charge in [0.05, 0.1) is 5.75 Å². The first-order valence-corrected chi connectivity index (χ1v) is 9.63. The molecule has 0 atom stereocenters. The molecule has 0 aromatic carbocycles. The molecule has 0 spiro atoms. The molecule has 0 aliphatic heterocycles. The molecule has 0 unspecified atom stereocenters. The van der Waals surface area contributed by atoms with Crippen LogP contribution >= 0.6 is 0 Å². The zero-order valence-corrected chi connectivity index (χ0v) is 13.7. The smallest absolute Gasteiger partial charge is 0.281 e. The summed E-state index contributed by atoms with van der Waals surface area (Å²) in [5.74, 6) is -0.173. The molecule has 0 saturated carbocycles. The van der Waals surface area contributed by atoms with Crippen molar-refractivity contribution in [3.05, 3.63) is 0 Å². The summed E-state index contributed by atoms with van der Waals surface area (Å²) >= 11 is 0. The summed E-state index contributed by atoms with van der Waals surface area (Å²) in [4.78, 5) is 0. The Bertz CT molecular complexity index is 447. The fraction of sp³-hybridized carbons (Fsp3) is 1.00. The van der Waals surface area contributed by atoms with E-state index in [2.05, 4.69) is 5.32 Å². The van der Waals surface area contributed by atoms with Crippen molar-refractivity contribution < 1.29 is 16.8 Å². The summed E-state index contributed by atoms with van der Waals surface area (Å²) in [7, 11) is -3.85. The van der Waals surface area contributed by atoms with Crippen LogP contribution in [0.15, 0.2) is 0 Å². The lowest BCUT2D eigenvalue weighted by molar-refractivity contribution is 0.394. The molecule has 0 aromatic rings. The molecule has 0 aromatic heterocycles. The molecular formula is C10H25N3O4S2. The number of rotatable bonds is 10. The van der Waals surface area contributed by atoms with Crippen LogP contribution in [0.1, 0.15) is 13.3 Å². The van der Waals surface area contributed by atoms with Gasteiger partial charge in [-0.1, -0.05) is 6.92 Å². The van der Waals surface area contributed by atoms with E-state index in [1.165, 1.54) is 18.4 Å². The van der Waals surface area contributed by atoms with Crippen LogP contribution in [0.25, 0.3) is 0 Å². The van der Waals surface area contributed by atoms with E-state index in [9.17, 15) is 16.8 Å². The summed E-state index contributed by atoms with van der Waals surface area (Å²) in [6.07, 6.45) is 1.80. The second kappa shape index (κ2) is 8.15. The molecule has 0 bridgehead atoms. The minimum Gasteiger partial charge on any atom is -0.317 e. The molecule has 0 aliphatic carbocycles. The van der Waals surface area contributed by atoms with E-state index >= 15 is 0 Å². The standard InChI is InChI=1S/C10H25N3O4S2/c1-5-11-7-6-8-12(2)19(16,17)13(3)9-10-18(4,14)15/h11H,5-10H2,1-4H3. The van der Waals surface area contributed by atoms with Crippen LogP contribution in [0, 0.1) is 0 Å². The van der Waals surface area contributed by atoms with E-state index in [1.807, 2.05) is 6.92 Å². The molecule has 0 rings (SSSR count). The van der Waals surface area contributed by atoms with Crippen LogP contribution in [0.3, 0.4) is 0 Å². The van der Waals surface area contributed by atoms with Crippen LogP contribution in [0.4, 0.5) is 0 Å². The number of sulfone groups is 1. The van der Waals surface area contributed by atoms with Crippen molar-refractivity contribution in [2.75, 3.05) is 52.3 Å². The second-order valence-corrected chi connectivity index (χ2v) is 8.89. The van der Waals surface area contributed by atoms with E-state index in [1.54, 1.807) is 0 Å². The summed E-state index contributed by atoms with van der Waals surface area (Å²) < 4.78 is 48.5. The van der Waals surface area contributed by atoms with Crippen molar-refractivity contribution in [1.82, 2.24) is 13.9 Å². The van der Waals surface area contributed by atoms with Gasteiger partial charge in [-0.25, -0.2) is 8.42 Å². The van der Waals surface area contributed by atoms with E-state index in [-0.39, 0.29) is 12.3 Å². The van der Waals surface area contributed by atoms with Gasteiger partial charge < -0.3 is 5.32 Å². The van der Waals surface area contributed by atoms with E-state index in [0.29, 0.717) is 13.0 Å². The maximum atomic E-state index is 12.0. The Hall–Kier alpha value is -0.220. The quantitative estimate of drug-likeness (QED) is 0.530. The first-order valence-electron chi connectivity index (χ1n) is 6.17. The highest BCUT2D eigenvalue weighted by Crippen LogP contribution is 2.04. The second-order valence-electron chi connectivity index (χ2n) is 4.49. The molecule has 0 radical (unpaired) electrons. The molecule has 0 amide bonds. The lowest BCUT2D eigenvalue weighted by Crippen LogP contribution is -2.42. The largest absolute Gasteiger partial charge is 0.317 e. The molecule has 0 aliphatic rings. The van der Waals surface area contributed by atoms with Crippen LogP contribution in [0.5, 0.6) is 0 Å². The molecule has 0 heterocycles. The molecule has 116 valence electrons. The molecule has 9 heteroatoms. The predicted octanol–water partition coefficient (Wildman–Crippen LogP) is -0.861. The molecule has 0 fully saturated rings. The average Bonchev–Trinajstić information content (AvgIpc) is 2.30. The predicted molar refractivity (Wildman–Crippen MR) is 77.1 cm³/mol. The van der Waals surface area contributed by atoms with Gasteiger partial charge in [-0.3, -0.25) is 0 Å². The summed E-state index contributed by atoms with van der Waals surface area (Å²) in [5, 5.41) is 3.11. The Morgan fingerprint density at radius 2 is 1.53 bits per heavy atom. The van der Waals surface area contributed by atoms with Gasteiger partial charge in [-0.2, -0.15) is 17.0 Å². The Kier molecular flexibility index (Phi) is 8.06. The van der Waals surface area contributed by atoms with Gasteiger partial charge in [0.15, 0.2) is 0 Å².